The lowest BCUT2D eigenvalue weighted by Gasteiger charge is -2.25. The Balaban J connectivity index is 0.00000104. The Labute approximate surface area is 156 Å². The summed E-state index contributed by atoms with van der Waals surface area (Å²) in [6.45, 7) is 5.70. The molecule has 4 rings (SSSR count). The first-order valence-electron chi connectivity index (χ1n) is 8.62. The zero-order chi connectivity index (χ0) is 14.9. The summed E-state index contributed by atoms with van der Waals surface area (Å²) in [7, 11) is 0. The number of nitrogens with one attached hydrogen (secondary N) is 1. The van der Waals surface area contributed by atoms with Crippen molar-refractivity contribution in [2.75, 3.05) is 44.2 Å². The summed E-state index contributed by atoms with van der Waals surface area (Å²) in [6, 6.07) is 8.49. The molecule has 2 saturated heterocycles. The number of anilines is 1. The second kappa shape index (κ2) is 8.41. The zero-order valence-electron chi connectivity index (χ0n) is 13.9. The van der Waals surface area contributed by atoms with Gasteiger partial charge in [0, 0.05) is 25.3 Å². The molecule has 24 heavy (non-hydrogen) atoms. The number of para-hydroxylation sites is 1. The van der Waals surface area contributed by atoms with Crippen LogP contribution in [0.5, 0.6) is 0 Å². The monoisotopic (exact) mass is 371 g/mol. The number of likely N-dealkylation sites (tertiary alicyclic amines) is 1. The molecule has 3 aliphatic rings. The Morgan fingerprint density at radius 2 is 1.71 bits per heavy atom. The number of hydrogen-bond acceptors (Lipinski definition) is 3. The van der Waals surface area contributed by atoms with Gasteiger partial charge in [-0.15, -0.1) is 24.8 Å². The van der Waals surface area contributed by atoms with E-state index in [1.807, 2.05) is 0 Å². The molecular weight excluding hydrogens is 345 g/mol. The molecule has 2 atom stereocenters. The van der Waals surface area contributed by atoms with Gasteiger partial charge in [0.25, 0.3) is 0 Å². The molecule has 4 nitrogen and oxygen atoms in total. The normalized spacial score (nSPS) is 25.2. The van der Waals surface area contributed by atoms with Gasteiger partial charge < -0.3 is 15.1 Å². The number of benzene rings is 1. The number of carbonyl (C=O) groups is 1. The Bertz CT molecular complexity index is 555. The second-order valence-corrected chi connectivity index (χ2v) is 6.94. The number of rotatable bonds is 2. The third-order valence-electron chi connectivity index (χ3n) is 5.68. The first-order chi connectivity index (χ1) is 10.8. The topological polar surface area (TPSA) is 35.6 Å². The molecule has 1 N–H and O–H groups in total. The van der Waals surface area contributed by atoms with E-state index in [4.69, 9.17) is 0 Å². The molecule has 3 aliphatic heterocycles. The largest absolute Gasteiger partial charge is 0.362 e. The zero-order valence-corrected chi connectivity index (χ0v) is 15.6. The first kappa shape index (κ1) is 19.4. The summed E-state index contributed by atoms with van der Waals surface area (Å²) < 4.78 is 0. The van der Waals surface area contributed by atoms with E-state index in [-0.39, 0.29) is 24.8 Å². The van der Waals surface area contributed by atoms with Crippen LogP contribution >= 0.6 is 24.8 Å². The second-order valence-electron chi connectivity index (χ2n) is 6.94. The maximum atomic E-state index is 12.7. The van der Waals surface area contributed by atoms with E-state index in [1.54, 1.807) is 0 Å². The van der Waals surface area contributed by atoms with Crippen LogP contribution in [0.4, 0.5) is 5.69 Å². The highest BCUT2D eigenvalue weighted by molar-refractivity contribution is 5.85. The Kier molecular flexibility index (Phi) is 6.79. The van der Waals surface area contributed by atoms with Crippen LogP contribution in [0.3, 0.4) is 0 Å². The summed E-state index contributed by atoms with van der Waals surface area (Å²) in [5, 5.41) is 3.49. The van der Waals surface area contributed by atoms with Crippen molar-refractivity contribution in [3.63, 3.8) is 0 Å². The van der Waals surface area contributed by atoms with Crippen LogP contribution in [0.1, 0.15) is 18.4 Å². The van der Waals surface area contributed by atoms with Crippen LogP contribution in [0.25, 0.3) is 0 Å². The fourth-order valence-corrected chi connectivity index (χ4v) is 4.30. The van der Waals surface area contributed by atoms with Gasteiger partial charge in [0.1, 0.15) is 0 Å². The first-order valence-corrected chi connectivity index (χ1v) is 8.62. The van der Waals surface area contributed by atoms with E-state index in [0.29, 0.717) is 12.5 Å². The number of amides is 1. The lowest BCUT2D eigenvalue weighted by Crippen LogP contribution is -2.40. The molecule has 3 heterocycles. The standard InChI is InChI=1S/C18H25N3O.2ClH/c22-18(13-21-10-5-14-3-1-2-4-17(14)21)20-8-6-15-11-19-12-16(15)7-9-20;;/h1-4,15-16,19H,5-13H2;2*1H/t15-,16+;;. The number of carbonyl (C=O) groups excluding carboxylic acids is 1. The Hall–Kier alpha value is -0.970. The summed E-state index contributed by atoms with van der Waals surface area (Å²) in [4.78, 5) is 17.1. The molecule has 0 bridgehead atoms. The molecular formula is C18H27Cl2N3O. The van der Waals surface area contributed by atoms with Crippen LogP contribution in [-0.4, -0.2) is 50.1 Å². The van der Waals surface area contributed by atoms with Crippen molar-refractivity contribution in [2.45, 2.75) is 19.3 Å². The summed E-state index contributed by atoms with van der Waals surface area (Å²) in [5.74, 6) is 1.88. The molecule has 0 aromatic heterocycles. The summed E-state index contributed by atoms with van der Waals surface area (Å²) >= 11 is 0. The van der Waals surface area contributed by atoms with Gasteiger partial charge in [-0.25, -0.2) is 0 Å². The van der Waals surface area contributed by atoms with Crippen molar-refractivity contribution in [3.8, 4) is 0 Å². The molecule has 1 aromatic rings. The molecule has 1 amide bonds. The molecule has 0 spiro atoms. The molecule has 2 fully saturated rings. The predicted octanol–water partition coefficient (Wildman–Crippen LogP) is 2.35. The van der Waals surface area contributed by atoms with Crippen LogP contribution < -0.4 is 10.2 Å². The van der Waals surface area contributed by atoms with Gasteiger partial charge in [-0.3, -0.25) is 4.79 Å². The van der Waals surface area contributed by atoms with Gasteiger partial charge in [0.15, 0.2) is 0 Å². The van der Waals surface area contributed by atoms with Crippen LogP contribution in [-0.2, 0) is 11.2 Å². The Morgan fingerprint density at radius 3 is 2.42 bits per heavy atom. The van der Waals surface area contributed by atoms with E-state index in [2.05, 4.69) is 39.4 Å². The highest BCUT2D eigenvalue weighted by atomic mass is 35.5. The number of halogens is 2. The summed E-state index contributed by atoms with van der Waals surface area (Å²) in [6.07, 6.45) is 3.40. The van der Waals surface area contributed by atoms with Crippen molar-refractivity contribution < 1.29 is 4.79 Å². The van der Waals surface area contributed by atoms with E-state index in [0.717, 1.165) is 51.0 Å². The van der Waals surface area contributed by atoms with Crippen molar-refractivity contribution in [1.82, 2.24) is 10.2 Å². The van der Waals surface area contributed by atoms with E-state index in [9.17, 15) is 4.79 Å². The predicted molar refractivity (Wildman–Crippen MR) is 103 cm³/mol. The van der Waals surface area contributed by atoms with Crippen LogP contribution in [0, 0.1) is 11.8 Å². The van der Waals surface area contributed by atoms with E-state index in [1.165, 1.54) is 24.1 Å². The van der Waals surface area contributed by atoms with Gasteiger partial charge in [-0.2, -0.15) is 0 Å². The summed E-state index contributed by atoms with van der Waals surface area (Å²) in [5.41, 5.74) is 2.64. The molecule has 6 heteroatoms. The fourth-order valence-electron chi connectivity index (χ4n) is 4.30. The van der Waals surface area contributed by atoms with Gasteiger partial charge in [0.2, 0.25) is 5.91 Å². The van der Waals surface area contributed by atoms with Crippen LogP contribution in [0.15, 0.2) is 24.3 Å². The minimum Gasteiger partial charge on any atom is -0.362 e. The van der Waals surface area contributed by atoms with Crippen LogP contribution in [0.2, 0.25) is 0 Å². The Morgan fingerprint density at radius 1 is 1.04 bits per heavy atom. The molecule has 134 valence electrons. The molecule has 0 aliphatic carbocycles. The number of nitrogens with zero attached hydrogens (tertiary/aromatic N) is 2. The van der Waals surface area contributed by atoms with Crippen molar-refractivity contribution in [1.29, 1.82) is 0 Å². The minimum atomic E-state index is 0. The maximum Gasteiger partial charge on any atom is 0.242 e. The maximum absolute atomic E-state index is 12.7. The van der Waals surface area contributed by atoms with Crippen molar-refractivity contribution in [2.24, 2.45) is 11.8 Å². The number of hydrogen-bond donors (Lipinski definition) is 1. The lowest BCUT2D eigenvalue weighted by atomic mass is 9.92. The highest BCUT2D eigenvalue weighted by Crippen LogP contribution is 2.29. The van der Waals surface area contributed by atoms with Gasteiger partial charge in [-0.1, -0.05) is 18.2 Å². The lowest BCUT2D eigenvalue weighted by molar-refractivity contribution is -0.129. The van der Waals surface area contributed by atoms with Gasteiger partial charge in [-0.05, 0) is 55.8 Å². The van der Waals surface area contributed by atoms with Crippen molar-refractivity contribution >= 4 is 36.4 Å². The third kappa shape index (κ3) is 3.81. The fraction of sp³-hybridized carbons (Fsp3) is 0.611. The van der Waals surface area contributed by atoms with E-state index < -0.39 is 0 Å². The smallest absolute Gasteiger partial charge is 0.242 e. The number of fused-ring (bicyclic) bond motifs is 2. The average molecular weight is 372 g/mol. The quantitative estimate of drug-likeness (QED) is 0.866. The van der Waals surface area contributed by atoms with Gasteiger partial charge in [0.05, 0.1) is 6.54 Å². The minimum absolute atomic E-state index is 0. The molecule has 0 radical (unpaired) electrons. The highest BCUT2D eigenvalue weighted by Gasteiger charge is 2.32. The van der Waals surface area contributed by atoms with Crippen molar-refractivity contribution in [3.05, 3.63) is 29.8 Å². The molecule has 0 saturated carbocycles. The van der Waals surface area contributed by atoms with E-state index >= 15 is 0 Å². The molecule has 1 aromatic carbocycles. The molecule has 0 unspecified atom stereocenters. The van der Waals surface area contributed by atoms with Gasteiger partial charge >= 0.3 is 0 Å². The SMILES string of the molecule is Cl.Cl.O=C(CN1CCc2ccccc21)N1CC[C@@H]2CNC[C@@H]2CC1. The average Bonchev–Trinajstić information content (AvgIpc) is 3.10. The third-order valence-corrected chi connectivity index (χ3v) is 5.68.